The van der Waals surface area contributed by atoms with Gasteiger partial charge in [0.15, 0.2) is 5.69 Å². The Morgan fingerprint density at radius 2 is 2.18 bits per heavy atom. The van der Waals surface area contributed by atoms with E-state index in [9.17, 15) is 4.79 Å². The van der Waals surface area contributed by atoms with Gasteiger partial charge in [0.05, 0.1) is 0 Å². The van der Waals surface area contributed by atoms with Gasteiger partial charge in [-0.15, -0.1) is 22.0 Å². The Balaban J connectivity index is 2.55. The van der Waals surface area contributed by atoms with E-state index in [1.165, 1.54) is 4.90 Å². The molecule has 17 heavy (non-hydrogen) atoms. The van der Waals surface area contributed by atoms with Crippen molar-refractivity contribution in [1.29, 1.82) is 0 Å². The van der Waals surface area contributed by atoms with E-state index >= 15 is 0 Å². The average Bonchev–Trinajstić information content (AvgIpc) is 2.34. The summed E-state index contributed by atoms with van der Waals surface area (Å²) in [6.07, 6.45) is 0.760. The molecule has 0 atom stereocenters. The maximum atomic E-state index is 11.5. The number of aromatic nitrogens is 2. The van der Waals surface area contributed by atoms with Gasteiger partial charge in [0.25, 0.3) is 5.91 Å². The summed E-state index contributed by atoms with van der Waals surface area (Å²) in [6.45, 7) is 2.53. The van der Waals surface area contributed by atoms with Crippen LogP contribution in [0.1, 0.15) is 23.8 Å². The molecule has 1 aromatic heterocycles. The van der Waals surface area contributed by atoms with Gasteiger partial charge in [-0.1, -0.05) is 0 Å². The molecule has 1 aromatic rings. The van der Waals surface area contributed by atoms with Crippen LogP contribution in [0.2, 0.25) is 0 Å². The summed E-state index contributed by atoms with van der Waals surface area (Å²) in [5.41, 5.74) is 0.342. The average molecular weight is 232 g/mol. The van der Waals surface area contributed by atoms with Crippen LogP contribution in [0.25, 0.3) is 0 Å². The number of carbonyl (C=O) groups is 1. The van der Waals surface area contributed by atoms with E-state index in [2.05, 4.69) is 27.4 Å². The number of nitrogens with one attached hydrogen (secondary N) is 1. The summed E-state index contributed by atoms with van der Waals surface area (Å²) in [5, 5.41) is 10.9. The van der Waals surface area contributed by atoms with Crippen molar-refractivity contribution in [2.45, 2.75) is 13.3 Å². The molecule has 0 bridgehead atoms. The molecule has 1 N–H and O–H groups in total. The van der Waals surface area contributed by atoms with Crippen molar-refractivity contribution >= 4 is 11.7 Å². The molecule has 5 heteroatoms. The van der Waals surface area contributed by atoms with E-state index in [1.54, 1.807) is 26.2 Å². The van der Waals surface area contributed by atoms with Gasteiger partial charge in [0.2, 0.25) is 0 Å². The first-order valence-corrected chi connectivity index (χ1v) is 5.34. The van der Waals surface area contributed by atoms with E-state index < -0.39 is 0 Å². The Labute approximate surface area is 101 Å². The number of carbonyl (C=O) groups excluding carboxylic acids is 1. The molecule has 1 heterocycles. The fourth-order valence-corrected chi connectivity index (χ4v) is 1.15. The summed E-state index contributed by atoms with van der Waals surface area (Å²) in [6, 6.07) is 3.40. The highest BCUT2D eigenvalue weighted by Gasteiger charge is 2.09. The van der Waals surface area contributed by atoms with Gasteiger partial charge < -0.3 is 10.2 Å². The normalized spacial score (nSPS) is 9.12. The molecule has 0 aliphatic rings. The molecule has 0 aliphatic heterocycles. The first-order valence-electron chi connectivity index (χ1n) is 5.34. The molecule has 0 saturated carbocycles. The molecule has 0 saturated heterocycles. The molecular formula is C12H16N4O. The van der Waals surface area contributed by atoms with Crippen LogP contribution in [0.4, 0.5) is 5.82 Å². The topological polar surface area (TPSA) is 58.1 Å². The van der Waals surface area contributed by atoms with E-state index in [0.717, 1.165) is 13.0 Å². The largest absolute Gasteiger partial charge is 0.368 e. The molecular weight excluding hydrogens is 216 g/mol. The molecule has 0 aromatic carbocycles. The van der Waals surface area contributed by atoms with Gasteiger partial charge in [-0.05, 0) is 19.1 Å². The number of anilines is 1. The minimum absolute atomic E-state index is 0.152. The third-order valence-corrected chi connectivity index (χ3v) is 2.02. The zero-order valence-corrected chi connectivity index (χ0v) is 10.3. The van der Waals surface area contributed by atoms with E-state index in [4.69, 9.17) is 0 Å². The van der Waals surface area contributed by atoms with Crippen molar-refractivity contribution in [3.8, 4) is 11.8 Å². The zero-order valence-electron chi connectivity index (χ0n) is 10.3. The van der Waals surface area contributed by atoms with E-state index in [0.29, 0.717) is 11.5 Å². The van der Waals surface area contributed by atoms with Crippen LogP contribution in [-0.4, -0.2) is 41.6 Å². The molecule has 0 radical (unpaired) electrons. The summed E-state index contributed by atoms with van der Waals surface area (Å²) >= 11 is 0. The lowest BCUT2D eigenvalue weighted by atomic mass is 10.3. The van der Waals surface area contributed by atoms with Crippen LogP contribution in [0.3, 0.4) is 0 Å². The van der Waals surface area contributed by atoms with Crippen molar-refractivity contribution in [2.24, 2.45) is 0 Å². The van der Waals surface area contributed by atoms with E-state index in [1.807, 2.05) is 6.92 Å². The molecule has 1 amide bonds. The number of hydrogen-bond acceptors (Lipinski definition) is 4. The summed E-state index contributed by atoms with van der Waals surface area (Å²) in [4.78, 5) is 13.0. The first-order chi connectivity index (χ1) is 8.15. The maximum absolute atomic E-state index is 11.5. The van der Waals surface area contributed by atoms with Gasteiger partial charge in [0.1, 0.15) is 5.82 Å². The van der Waals surface area contributed by atoms with Gasteiger partial charge in [-0.2, -0.15) is 0 Å². The maximum Gasteiger partial charge on any atom is 0.273 e. The minimum Gasteiger partial charge on any atom is -0.368 e. The number of hydrogen-bond donors (Lipinski definition) is 1. The summed E-state index contributed by atoms with van der Waals surface area (Å²) in [5.74, 6) is 6.26. The third-order valence-electron chi connectivity index (χ3n) is 2.02. The van der Waals surface area contributed by atoms with E-state index in [-0.39, 0.29) is 5.91 Å². The second kappa shape index (κ2) is 6.48. The highest BCUT2D eigenvalue weighted by Crippen LogP contribution is 2.03. The third kappa shape index (κ3) is 4.11. The molecule has 0 fully saturated rings. The molecule has 1 rings (SSSR count). The zero-order chi connectivity index (χ0) is 12.7. The Morgan fingerprint density at radius 3 is 2.71 bits per heavy atom. The Hall–Kier alpha value is -2.09. The monoisotopic (exact) mass is 232 g/mol. The highest BCUT2D eigenvalue weighted by atomic mass is 16.2. The standard InChI is InChI=1S/C12H16N4O/c1-4-5-6-9-13-11-8-7-10(14-15-11)12(17)16(2)3/h7-8H,6,9H2,1-3H3,(H,13,15). The molecule has 0 unspecified atom stereocenters. The van der Waals surface area contributed by atoms with Crippen LogP contribution in [0.15, 0.2) is 12.1 Å². The fourth-order valence-electron chi connectivity index (χ4n) is 1.15. The smallest absolute Gasteiger partial charge is 0.273 e. The van der Waals surface area contributed by atoms with Crippen LogP contribution in [0, 0.1) is 11.8 Å². The van der Waals surface area contributed by atoms with Crippen molar-refractivity contribution in [3.63, 3.8) is 0 Å². The molecule has 0 aliphatic carbocycles. The van der Waals surface area contributed by atoms with Gasteiger partial charge in [-0.25, -0.2) is 0 Å². The lowest BCUT2D eigenvalue weighted by Gasteiger charge is -2.09. The Bertz CT molecular complexity index is 428. The van der Waals surface area contributed by atoms with Crippen LogP contribution in [0.5, 0.6) is 0 Å². The molecule has 5 nitrogen and oxygen atoms in total. The van der Waals surface area contributed by atoms with Gasteiger partial charge in [-0.3, -0.25) is 4.79 Å². The fraction of sp³-hybridized carbons (Fsp3) is 0.417. The quantitative estimate of drug-likeness (QED) is 0.621. The van der Waals surface area contributed by atoms with Gasteiger partial charge >= 0.3 is 0 Å². The molecule has 90 valence electrons. The van der Waals surface area contributed by atoms with Crippen LogP contribution >= 0.6 is 0 Å². The van der Waals surface area contributed by atoms with Crippen molar-refractivity contribution < 1.29 is 4.79 Å². The summed E-state index contributed by atoms with van der Waals surface area (Å²) in [7, 11) is 3.36. The van der Waals surface area contributed by atoms with Crippen molar-refractivity contribution in [2.75, 3.05) is 26.0 Å². The Kier molecular flexibility index (Phi) is 4.95. The second-order valence-electron chi connectivity index (χ2n) is 3.61. The van der Waals surface area contributed by atoms with Gasteiger partial charge in [0, 0.05) is 27.1 Å². The first kappa shape index (κ1) is 13.0. The lowest BCUT2D eigenvalue weighted by Crippen LogP contribution is -2.23. The summed E-state index contributed by atoms with van der Waals surface area (Å²) < 4.78 is 0. The Morgan fingerprint density at radius 1 is 1.41 bits per heavy atom. The minimum atomic E-state index is -0.152. The lowest BCUT2D eigenvalue weighted by molar-refractivity contribution is 0.0821. The highest BCUT2D eigenvalue weighted by molar-refractivity contribution is 5.91. The van der Waals surface area contributed by atoms with Crippen molar-refractivity contribution in [1.82, 2.24) is 15.1 Å². The predicted molar refractivity (Wildman–Crippen MR) is 66.6 cm³/mol. The van der Waals surface area contributed by atoms with Crippen LogP contribution in [-0.2, 0) is 0 Å². The number of nitrogens with zero attached hydrogens (tertiary/aromatic N) is 3. The predicted octanol–water partition coefficient (Wildman–Crippen LogP) is 1.00. The molecule has 0 spiro atoms. The SMILES string of the molecule is CC#CCCNc1ccc(C(=O)N(C)C)nn1. The second-order valence-corrected chi connectivity index (χ2v) is 3.61. The van der Waals surface area contributed by atoms with Crippen molar-refractivity contribution in [3.05, 3.63) is 17.8 Å². The number of amides is 1. The van der Waals surface area contributed by atoms with Crippen LogP contribution < -0.4 is 5.32 Å². The number of rotatable bonds is 4.